The van der Waals surface area contributed by atoms with E-state index in [1.54, 1.807) is 19.1 Å². The molecule has 0 atom stereocenters. The zero-order valence-electron chi connectivity index (χ0n) is 19.0. The SMILES string of the molecule is CCOC(=O)c1ccc(C=C(C)c2ccc3c(c2)CC(C)(C)C(=O)C(C)(C)C3)cc1. The highest BCUT2D eigenvalue weighted by Gasteiger charge is 2.42. The Morgan fingerprint density at radius 3 is 2.10 bits per heavy atom. The number of allylic oxidation sites excluding steroid dienone is 1. The van der Waals surface area contributed by atoms with E-state index in [1.165, 1.54) is 11.1 Å². The van der Waals surface area contributed by atoms with Crippen molar-refractivity contribution in [2.75, 3.05) is 6.61 Å². The number of rotatable bonds is 4. The van der Waals surface area contributed by atoms with Crippen LogP contribution in [0.3, 0.4) is 0 Å². The van der Waals surface area contributed by atoms with Gasteiger partial charge in [0.15, 0.2) is 0 Å². The summed E-state index contributed by atoms with van der Waals surface area (Å²) in [5.74, 6) is 0.0392. The van der Waals surface area contributed by atoms with Crippen LogP contribution in [0.15, 0.2) is 42.5 Å². The van der Waals surface area contributed by atoms with Crippen molar-refractivity contribution in [3.05, 3.63) is 70.3 Å². The lowest BCUT2D eigenvalue weighted by Gasteiger charge is -2.30. The van der Waals surface area contributed by atoms with Crippen LogP contribution in [0.4, 0.5) is 0 Å². The minimum absolute atomic E-state index is 0.296. The van der Waals surface area contributed by atoms with E-state index in [-0.39, 0.29) is 16.8 Å². The standard InChI is InChI=1S/C27H32O3/c1-7-30-24(28)20-10-8-19(9-11-20)14-18(2)21-12-13-22-16-26(3,4)25(29)27(5,6)17-23(22)15-21/h8-15H,7,16-17H2,1-6H3. The second-order valence-electron chi connectivity index (χ2n) is 9.60. The lowest BCUT2D eigenvalue weighted by atomic mass is 9.72. The van der Waals surface area contributed by atoms with Crippen LogP contribution in [-0.4, -0.2) is 18.4 Å². The van der Waals surface area contributed by atoms with E-state index in [4.69, 9.17) is 4.74 Å². The van der Waals surface area contributed by atoms with Crippen LogP contribution in [0.1, 0.15) is 74.2 Å². The maximum absolute atomic E-state index is 13.0. The van der Waals surface area contributed by atoms with E-state index in [2.05, 4.69) is 58.9 Å². The first-order chi connectivity index (χ1) is 14.0. The quantitative estimate of drug-likeness (QED) is 0.349. The predicted octanol–water partition coefficient (Wildman–Crippen LogP) is 6.14. The highest BCUT2D eigenvalue weighted by molar-refractivity contribution is 5.91. The molecule has 30 heavy (non-hydrogen) atoms. The molecule has 3 rings (SSSR count). The normalized spacial score (nSPS) is 17.8. The van der Waals surface area contributed by atoms with Crippen molar-refractivity contribution >= 4 is 23.4 Å². The Hall–Kier alpha value is -2.68. The van der Waals surface area contributed by atoms with Gasteiger partial charge in [0.2, 0.25) is 0 Å². The topological polar surface area (TPSA) is 43.4 Å². The summed E-state index contributed by atoms with van der Waals surface area (Å²) < 4.78 is 5.04. The second kappa shape index (κ2) is 8.22. The Kier molecular flexibility index (Phi) is 6.03. The molecular weight excluding hydrogens is 372 g/mol. The van der Waals surface area contributed by atoms with Gasteiger partial charge < -0.3 is 4.74 Å². The van der Waals surface area contributed by atoms with Crippen molar-refractivity contribution in [1.29, 1.82) is 0 Å². The molecule has 3 nitrogen and oxygen atoms in total. The predicted molar refractivity (Wildman–Crippen MR) is 122 cm³/mol. The van der Waals surface area contributed by atoms with Gasteiger partial charge in [-0.15, -0.1) is 0 Å². The van der Waals surface area contributed by atoms with Crippen LogP contribution in [0.5, 0.6) is 0 Å². The first-order valence-electron chi connectivity index (χ1n) is 10.7. The number of fused-ring (bicyclic) bond motifs is 1. The van der Waals surface area contributed by atoms with Gasteiger partial charge in [0.1, 0.15) is 5.78 Å². The number of hydrogen-bond acceptors (Lipinski definition) is 3. The number of Topliss-reactive ketones (excluding diaryl/α,β-unsaturated/α-hetero) is 1. The van der Waals surface area contributed by atoms with Gasteiger partial charge in [-0.1, -0.05) is 64.1 Å². The molecule has 0 radical (unpaired) electrons. The monoisotopic (exact) mass is 404 g/mol. The largest absolute Gasteiger partial charge is 0.462 e. The fraction of sp³-hybridized carbons (Fsp3) is 0.407. The number of benzene rings is 2. The van der Waals surface area contributed by atoms with Crippen molar-refractivity contribution < 1.29 is 14.3 Å². The molecule has 0 heterocycles. The summed E-state index contributed by atoms with van der Waals surface area (Å²) in [5, 5.41) is 0. The lowest BCUT2D eigenvalue weighted by Crippen LogP contribution is -2.37. The molecule has 1 aliphatic rings. The Bertz CT molecular complexity index is 991. The fourth-order valence-corrected chi connectivity index (χ4v) is 4.50. The summed E-state index contributed by atoms with van der Waals surface area (Å²) >= 11 is 0. The molecular formula is C27H32O3. The number of ether oxygens (including phenoxy) is 1. The van der Waals surface area contributed by atoms with E-state index in [0.29, 0.717) is 18.0 Å². The zero-order chi connectivity index (χ0) is 22.1. The van der Waals surface area contributed by atoms with Crippen LogP contribution in [0, 0.1) is 10.8 Å². The minimum Gasteiger partial charge on any atom is -0.462 e. The van der Waals surface area contributed by atoms with Crippen molar-refractivity contribution in [2.24, 2.45) is 10.8 Å². The number of carbonyl (C=O) groups excluding carboxylic acids is 2. The maximum Gasteiger partial charge on any atom is 0.338 e. The number of ketones is 1. The summed E-state index contributed by atoms with van der Waals surface area (Å²) in [5.41, 5.74) is 5.73. The zero-order valence-corrected chi connectivity index (χ0v) is 19.0. The summed E-state index contributed by atoms with van der Waals surface area (Å²) in [6, 6.07) is 14.0. The average Bonchev–Trinajstić information content (AvgIpc) is 2.75. The molecule has 3 heteroatoms. The minimum atomic E-state index is -0.367. The smallest absolute Gasteiger partial charge is 0.338 e. The van der Waals surface area contributed by atoms with E-state index < -0.39 is 0 Å². The van der Waals surface area contributed by atoms with Crippen molar-refractivity contribution in [3.8, 4) is 0 Å². The summed E-state index contributed by atoms with van der Waals surface area (Å²) in [6.07, 6.45) is 3.66. The second-order valence-corrected chi connectivity index (χ2v) is 9.60. The third-order valence-corrected chi connectivity index (χ3v) is 5.96. The van der Waals surface area contributed by atoms with Gasteiger partial charge in [-0.05, 0) is 66.6 Å². The Morgan fingerprint density at radius 1 is 0.933 bits per heavy atom. The molecule has 0 N–H and O–H groups in total. The molecule has 0 bridgehead atoms. The molecule has 158 valence electrons. The Labute approximate surface area is 180 Å². The number of carbonyl (C=O) groups is 2. The number of esters is 1. The van der Waals surface area contributed by atoms with Crippen LogP contribution >= 0.6 is 0 Å². The summed E-state index contributed by atoms with van der Waals surface area (Å²) in [6.45, 7) is 12.5. The van der Waals surface area contributed by atoms with Crippen molar-refractivity contribution in [1.82, 2.24) is 0 Å². The molecule has 0 saturated carbocycles. The van der Waals surface area contributed by atoms with E-state index in [9.17, 15) is 9.59 Å². The van der Waals surface area contributed by atoms with Gasteiger partial charge in [0, 0.05) is 10.8 Å². The summed E-state index contributed by atoms with van der Waals surface area (Å²) in [4.78, 5) is 24.8. The van der Waals surface area contributed by atoms with E-state index in [0.717, 1.165) is 29.5 Å². The van der Waals surface area contributed by atoms with Gasteiger partial charge in [-0.25, -0.2) is 4.79 Å². The molecule has 0 aliphatic heterocycles. The van der Waals surface area contributed by atoms with Crippen LogP contribution in [0.25, 0.3) is 11.6 Å². The van der Waals surface area contributed by atoms with Gasteiger partial charge in [-0.3, -0.25) is 4.79 Å². The molecule has 0 spiro atoms. The molecule has 1 aliphatic carbocycles. The fourth-order valence-electron chi connectivity index (χ4n) is 4.50. The van der Waals surface area contributed by atoms with E-state index >= 15 is 0 Å². The van der Waals surface area contributed by atoms with Gasteiger partial charge in [0.25, 0.3) is 0 Å². The van der Waals surface area contributed by atoms with Gasteiger partial charge >= 0.3 is 5.97 Å². The maximum atomic E-state index is 13.0. The van der Waals surface area contributed by atoms with Gasteiger partial charge in [0.05, 0.1) is 12.2 Å². The van der Waals surface area contributed by atoms with Crippen molar-refractivity contribution in [3.63, 3.8) is 0 Å². The molecule has 2 aromatic rings. The summed E-state index contributed by atoms with van der Waals surface area (Å²) in [7, 11) is 0. The lowest BCUT2D eigenvalue weighted by molar-refractivity contribution is -0.135. The molecule has 0 saturated heterocycles. The van der Waals surface area contributed by atoms with Crippen LogP contribution in [-0.2, 0) is 22.4 Å². The van der Waals surface area contributed by atoms with Gasteiger partial charge in [-0.2, -0.15) is 0 Å². The first kappa shape index (κ1) is 22.0. The molecule has 2 aromatic carbocycles. The molecule has 0 amide bonds. The van der Waals surface area contributed by atoms with Crippen molar-refractivity contribution in [2.45, 2.75) is 54.4 Å². The average molecular weight is 405 g/mol. The van der Waals surface area contributed by atoms with Crippen LogP contribution < -0.4 is 0 Å². The third-order valence-electron chi connectivity index (χ3n) is 5.96. The molecule has 0 aromatic heterocycles. The molecule has 0 unspecified atom stereocenters. The first-order valence-corrected chi connectivity index (χ1v) is 10.7. The van der Waals surface area contributed by atoms with E-state index in [1.807, 2.05) is 12.1 Å². The Morgan fingerprint density at radius 2 is 1.50 bits per heavy atom. The highest BCUT2D eigenvalue weighted by atomic mass is 16.5. The Balaban J connectivity index is 1.89. The van der Waals surface area contributed by atoms with Crippen LogP contribution in [0.2, 0.25) is 0 Å². The number of hydrogen-bond donors (Lipinski definition) is 0. The highest BCUT2D eigenvalue weighted by Crippen LogP contribution is 2.40. The molecule has 0 fully saturated rings. The third kappa shape index (κ3) is 4.56.